The number of hydrogen-bond donors (Lipinski definition) is 0. The second kappa shape index (κ2) is 7.20. The van der Waals surface area contributed by atoms with Crippen molar-refractivity contribution in [3.05, 3.63) is 120 Å². The minimum atomic E-state index is 0.0439. The van der Waals surface area contributed by atoms with Gasteiger partial charge in [-0.05, 0) is 28.3 Å². The first-order chi connectivity index (χ1) is 12.8. The number of benzene rings is 4. The summed E-state index contributed by atoms with van der Waals surface area (Å²) in [4.78, 5) is 12.9. The fourth-order valence-electron chi connectivity index (χ4n) is 3.08. The summed E-state index contributed by atoms with van der Waals surface area (Å²) in [5.74, 6) is 0.0439. The van der Waals surface area contributed by atoms with E-state index in [-0.39, 0.29) is 5.78 Å². The smallest absolute Gasteiger partial charge is 0.193 e. The predicted molar refractivity (Wildman–Crippen MR) is 107 cm³/mol. The van der Waals surface area contributed by atoms with Gasteiger partial charge in [0.05, 0.1) is 0 Å². The summed E-state index contributed by atoms with van der Waals surface area (Å²) < 4.78 is 0. The highest BCUT2D eigenvalue weighted by atomic mass is 16.1. The van der Waals surface area contributed by atoms with Gasteiger partial charge in [-0.2, -0.15) is 0 Å². The Balaban J connectivity index is 1.62. The first kappa shape index (κ1) is 16.0. The van der Waals surface area contributed by atoms with Gasteiger partial charge >= 0.3 is 0 Å². The van der Waals surface area contributed by atoms with Crippen LogP contribution in [0.25, 0.3) is 22.3 Å². The van der Waals surface area contributed by atoms with Crippen molar-refractivity contribution in [2.24, 2.45) is 0 Å². The maximum atomic E-state index is 12.9. The predicted octanol–water partition coefficient (Wildman–Crippen LogP) is 6.25. The van der Waals surface area contributed by atoms with Crippen molar-refractivity contribution in [3.8, 4) is 22.3 Å². The minimum absolute atomic E-state index is 0.0439. The molecule has 4 aromatic carbocycles. The Kier molecular flexibility index (Phi) is 4.44. The van der Waals surface area contributed by atoms with Gasteiger partial charge in [-0.3, -0.25) is 4.79 Å². The molecule has 0 heterocycles. The van der Waals surface area contributed by atoms with Crippen LogP contribution >= 0.6 is 0 Å². The fraction of sp³-hybridized carbons (Fsp3) is 0. The van der Waals surface area contributed by atoms with Crippen molar-refractivity contribution >= 4 is 5.78 Å². The Hall–Kier alpha value is -3.45. The summed E-state index contributed by atoms with van der Waals surface area (Å²) in [5, 5.41) is 0. The summed E-state index contributed by atoms with van der Waals surface area (Å²) in [6.45, 7) is 0. The van der Waals surface area contributed by atoms with E-state index < -0.39 is 0 Å². The second-order valence-corrected chi connectivity index (χ2v) is 6.22. The van der Waals surface area contributed by atoms with Crippen LogP contribution in [-0.2, 0) is 0 Å². The molecule has 0 unspecified atom stereocenters. The van der Waals surface area contributed by atoms with Gasteiger partial charge in [0.25, 0.3) is 0 Å². The molecule has 0 aliphatic heterocycles. The fourth-order valence-corrected chi connectivity index (χ4v) is 3.08. The molecule has 0 bridgehead atoms. The summed E-state index contributed by atoms with van der Waals surface area (Å²) >= 11 is 0. The maximum Gasteiger partial charge on any atom is 0.193 e. The average molecular weight is 334 g/mol. The largest absolute Gasteiger partial charge is 0.289 e. The van der Waals surface area contributed by atoms with E-state index in [1.165, 1.54) is 0 Å². The molecule has 0 saturated heterocycles. The Labute approximate surface area is 153 Å². The third-order valence-electron chi connectivity index (χ3n) is 4.49. The molecule has 26 heavy (non-hydrogen) atoms. The lowest BCUT2D eigenvalue weighted by atomic mass is 9.97. The summed E-state index contributed by atoms with van der Waals surface area (Å²) in [5.41, 5.74) is 5.84. The molecule has 0 aromatic heterocycles. The van der Waals surface area contributed by atoms with Gasteiger partial charge in [0.2, 0.25) is 0 Å². The number of carbonyl (C=O) groups excluding carboxylic acids is 1. The average Bonchev–Trinajstić information content (AvgIpc) is 2.75. The van der Waals surface area contributed by atoms with Crippen LogP contribution in [-0.4, -0.2) is 5.78 Å². The van der Waals surface area contributed by atoms with Crippen LogP contribution in [0.4, 0.5) is 0 Å². The highest BCUT2D eigenvalue weighted by molar-refractivity contribution is 6.09. The molecule has 124 valence electrons. The third-order valence-corrected chi connectivity index (χ3v) is 4.49. The second-order valence-electron chi connectivity index (χ2n) is 6.22. The Morgan fingerprint density at radius 3 is 1.54 bits per heavy atom. The number of ketones is 1. The molecule has 0 N–H and O–H groups in total. The maximum absolute atomic E-state index is 12.9. The third kappa shape index (κ3) is 3.33. The molecule has 0 aliphatic carbocycles. The van der Waals surface area contributed by atoms with Gasteiger partial charge < -0.3 is 0 Å². The van der Waals surface area contributed by atoms with Crippen LogP contribution in [0.2, 0.25) is 0 Å². The molecule has 0 fully saturated rings. The zero-order valence-corrected chi connectivity index (χ0v) is 14.3. The lowest BCUT2D eigenvalue weighted by Crippen LogP contribution is -2.01. The van der Waals surface area contributed by atoms with Crippen molar-refractivity contribution in [2.45, 2.75) is 0 Å². The van der Waals surface area contributed by atoms with Crippen LogP contribution in [0.3, 0.4) is 0 Å². The number of carbonyl (C=O) groups is 1. The first-order valence-electron chi connectivity index (χ1n) is 8.67. The molecule has 0 spiro atoms. The summed E-state index contributed by atoms with van der Waals surface area (Å²) in [6, 6.07) is 35.9. The van der Waals surface area contributed by atoms with E-state index in [2.05, 4.69) is 24.3 Å². The molecule has 1 nitrogen and oxygen atoms in total. The summed E-state index contributed by atoms with van der Waals surface area (Å²) in [6.07, 6.45) is 0. The summed E-state index contributed by atoms with van der Waals surface area (Å²) in [7, 11) is 0. The van der Waals surface area contributed by atoms with E-state index in [4.69, 9.17) is 0 Å². The molecular formula is C25H18O. The minimum Gasteiger partial charge on any atom is -0.289 e. The van der Waals surface area contributed by atoms with E-state index in [0.717, 1.165) is 22.3 Å². The standard InChI is InChI=1S/C25H18O/c26-25(22-16-14-21(15-17-22)19-8-3-1-4-9-19)24-13-7-12-23(18-24)20-10-5-2-6-11-20/h1-18H. The normalized spacial score (nSPS) is 10.5. The number of hydrogen-bond acceptors (Lipinski definition) is 1. The Bertz CT molecular complexity index is 1020. The molecule has 0 saturated carbocycles. The van der Waals surface area contributed by atoms with E-state index in [1.807, 2.05) is 84.9 Å². The molecule has 0 amide bonds. The van der Waals surface area contributed by atoms with E-state index in [0.29, 0.717) is 11.1 Å². The van der Waals surface area contributed by atoms with Crippen molar-refractivity contribution < 1.29 is 4.79 Å². The topological polar surface area (TPSA) is 17.1 Å². The van der Waals surface area contributed by atoms with Crippen LogP contribution < -0.4 is 0 Å². The first-order valence-corrected chi connectivity index (χ1v) is 8.67. The molecule has 4 rings (SSSR count). The molecule has 0 aliphatic rings. The van der Waals surface area contributed by atoms with Gasteiger partial charge in [-0.15, -0.1) is 0 Å². The van der Waals surface area contributed by atoms with Crippen LogP contribution in [0, 0.1) is 0 Å². The zero-order valence-electron chi connectivity index (χ0n) is 14.3. The van der Waals surface area contributed by atoms with Gasteiger partial charge in [0.15, 0.2) is 5.78 Å². The van der Waals surface area contributed by atoms with Crippen LogP contribution in [0.5, 0.6) is 0 Å². The molecule has 4 aromatic rings. The molecule has 0 radical (unpaired) electrons. The van der Waals surface area contributed by atoms with E-state index in [1.54, 1.807) is 0 Å². The monoisotopic (exact) mass is 334 g/mol. The van der Waals surface area contributed by atoms with Crippen LogP contribution in [0.1, 0.15) is 15.9 Å². The lowest BCUT2D eigenvalue weighted by Gasteiger charge is -2.07. The Morgan fingerprint density at radius 1 is 0.423 bits per heavy atom. The van der Waals surface area contributed by atoms with Gasteiger partial charge in [0.1, 0.15) is 0 Å². The van der Waals surface area contributed by atoms with E-state index >= 15 is 0 Å². The quantitative estimate of drug-likeness (QED) is 0.403. The highest BCUT2D eigenvalue weighted by Crippen LogP contribution is 2.23. The molecular weight excluding hydrogens is 316 g/mol. The highest BCUT2D eigenvalue weighted by Gasteiger charge is 2.10. The molecule has 1 heteroatoms. The lowest BCUT2D eigenvalue weighted by molar-refractivity contribution is 0.103. The van der Waals surface area contributed by atoms with Crippen molar-refractivity contribution in [1.29, 1.82) is 0 Å². The zero-order chi connectivity index (χ0) is 17.8. The van der Waals surface area contributed by atoms with Gasteiger partial charge in [0, 0.05) is 11.1 Å². The number of rotatable bonds is 4. The van der Waals surface area contributed by atoms with Crippen molar-refractivity contribution in [2.75, 3.05) is 0 Å². The van der Waals surface area contributed by atoms with Crippen molar-refractivity contribution in [1.82, 2.24) is 0 Å². The van der Waals surface area contributed by atoms with Crippen LogP contribution in [0.15, 0.2) is 109 Å². The van der Waals surface area contributed by atoms with Gasteiger partial charge in [-0.1, -0.05) is 103 Å². The van der Waals surface area contributed by atoms with E-state index in [9.17, 15) is 4.79 Å². The SMILES string of the molecule is O=C(c1ccc(-c2ccccc2)cc1)c1cccc(-c2ccccc2)c1. The Morgan fingerprint density at radius 2 is 0.923 bits per heavy atom. The van der Waals surface area contributed by atoms with Gasteiger partial charge in [-0.25, -0.2) is 0 Å². The van der Waals surface area contributed by atoms with Crippen molar-refractivity contribution in [3.63, 3.8) is 0 Å². The molecule has 0 atom stereocenters.